The van der Waals surface area contributed by atoms with E-state index in [1.165, 1.54) is 0 Å². The molecule has 0 radical (unpaired) electrons. The number of nitrogens with zero attached hydrogens (tertiary/aromatic N) is 1. The van der Waals surface area contributed by atoms with E-state index in [-0.39, 0.29) is 18.6 Å². The number of hydrogen-bond acceptors (Lipinski definition) is 4. The van der Waals surface area contributed by atoms with Crippen molar-refractivity contribution in [3.8, 4) is 5.75 Å². The Balaban J connectivity index is 2.32. The van der Waals surface area contributed by atoms with Gasteiger partial charge in [0.2, 0.25) is 0 Å². The second-order valence-corrected chi connectivity index (χ2v) is 4.06. The Morgan fingerprint density at radius 3 is 3.00 bits per heavy atom. The van der Waals surface area contributed by atoms with E-state index in [0.29, 0.717) is 5.88 Å². The predicted molar refractivity (Wildman–Crippen MR) is 65.8 cm³/mol. The van der Waals surface area contributed by atoms with Gasteiger partial charge in [-0.15, -0.1) is 11.6 Å². The van der Waals surface area contributed by atoms with Gasteiger partial charge in [-0.1, -0.05) is 17.3 Å². The molecule has 92 valence electrons. The minimum absolute atomic E-state index is 0.0915. The van der Waals surface area contributed by atoms with Crippen molar-refractivity contribution >= 4 is 17.3 Å². The van der Waals surface area contributed by atoms with Crippen molar-refractivity contribution in [2.45, 2.75) is 12.0 Å². The second-order valence-electron chi connectivity index (χ2n) is 3.80. The monoisotopic (exact) mass is 255 g/mol. The first kappa shape index (κ1) is 12.2. The average molecular weight is 256 g/mol. The largest absolute Gasteiger partial charge is 0.497 e. The molecule has 0 amide bonds. The molecule has 1 aromatic rings. The molecule has 0 aromatic heterocycles. The Labute approximate surface area is 105 Å². The molecule has 1 N–H and O–H groups in total. The lowest BCUT2D eigenvalue weighted by Gasteiger charge is -2.17. The third-order valence-corrected chi connectivity index (χ3v) is 3.08. The van der Waals surface area contributed by atoms with Crippen molar-refractivity contribution in [3.63, 3.8) is 0 Å². The van der Waals surface area contributed by atoms with E-state index in [9.17, 15) is 5.11 Å². The molecule has 2 rings (SSSR count). The molecule has 0 bridgehead atoms. The number of aliphatic hydroxyl groups is 1. The predicted octanol–water partition coefficient (Wildman–Crippen LogP) is 1.76. The highest BCUT2D eigenvalue weighted by Crippen LogP contribution is 2.31. The summed E-state index contributed by atoms with van der Waals surface area (Å²) in [6, 6.07) is 7.62. The summed E-state index contributed by atoms with van der Waals surface area (Å²) >= 11 is 5.82. The summed E-state index contributed by atoms with van der Waals surface area (Å²) in [6.45, 7) is -0.0915. The van der Waals surface area contributed by atoms with Crippen LogP contribution in [0.1, 0.15) is 11.5 Å². The molecule has 0 saturated heterocycles. The molecule has 2 unspecified atom stereocenters. The normalized spacial score (nSPS) is 23.1. The smallest absolute Gasteiger partial charge is 0.162 e. The summed E-state index contributed by atoms with van der Waals surface area (Å²) in [5, 5.41) is 13.2. The van der Waals surface area contributed by atoms with Gasteiger partial charge in [-0.25, -0.2) is 0 Å². The standard InChI is InChI=1S/C12H14ClNO3/c1-16-9-4-2-3-8(5-9)12-10(6-13)14-17-11(12)7-15/h2-5,11-12,15H,6-7H2,1H3. The number of aliphatic hydroxyl groups excluding tert-OH is 1. The number of benzene rings is 1. The summed E-state index contributed by atoms with van der Waals surface area (Å²) < 4.78 is 5.18. The summed E-state index contributed by atoms with van der Waals surface area (Å²) in [5.41, 5.74) is 1.72. The fourth-order valence-electron chi connectivity index (χ4n) is 1.96. The molecule has 17 heavy (non-hydrogen) atoms. The maximum Gasteiger partial charge on any atom is 0.162 e. The molecule has 4 nitrogen and oxygen atoms in total. The maximum atomic E-state index is 9.26. The lowest BCUT2D eigenvalue weighted by atomic mass is 9.90. The fraction of sp³-hybridized carbons (Fsp3) is 0.417. The van der Waals surface area contributed by atoms with E-state index in [1.807, 2.05) is 24.3 Å². The van der Waals surface area contributed by atoms with Crippen LogP contribution in [0.25, 0.3) is 0 Å². The zero-order chi connectivity index (χ0) is 12.3. The number of ether oxygens (including phenoxy) is 1. The molecule has 0 aliphatic carbocycles. The van der Waals surface area contributed by atoms with Gasteiger partial charge in [0.1, 0.15) is 5.75 Å². The highest BCUT2D eigenvalue weighted by atomic mass is 35.5. The van der Waals surface area contributed by atoms with Crippen LogP contribution in [0.4, 0.5) is 0 Å². The quantitative estimate of drug-likeness (QED) is 0.835. The van der Waals surface area contributed by atoms with Crippen LogP contribution >= 0.6 is 11.6 Å². The van der Waals surface area contributed by atoms with Crippen molar-refractivity contribution in [1.29, 1.82) is 0 Å². The van der Waals surface area contributed by atoms with Crippen LogP contribution in [0.2, 0.25) is 0 Å². The summed E-state index contributed by atoms with van der Waals surface area (Å²) in [7, 11) is 1.62. The Morgan fingerprint density at radius 2 is 2.35 bits per heavy atom. The van der Waals surface area contributed by atoms with E-state index in [4.69, 9.17) is 21.2 Å². The molecule has 1 heterocycles. The highest BCUT2D eigenvalue weighted by Gasteiger charge is 2.34. The SMILES string of the molecule is COc1cccc(C2C(CCl)=NOC2CO)c1. The van der Waals surface area contributed by atoms with E-state index in [1.54, 1.807) is 7.11 Å². The fourth-order valence-corrected chi connectivity index (χ4v) is 2.17. The van der Waals surface area contributed by atoms with E-state index < -0.39 is 0 Å². The minimum Gasteiger partial charge on any atom is -0.497 e. The molecule has 0 saturated carbocycles. The van der Waals surface area contributed by atoms with Gasteiger partial charge in [-0.2, -0.15) is 0 Å². The van der Waals surface area contributed by atoms with Gasteiger partial charge in [-0.3, -0.25) is 0 Å². The lowest BCUT2D eigenvalue weighted by Crippen LogP contribution is -2.25. The molecule has 1 aromatic carbocycles. The van der Waals surface area contributed by atoms with Crippen molar-refractivity contribution < 1.29 is 14.7 Å². The molecule has 1 aliphatic rings. The first-order valence-electron chi connectivity index (χ1n) is 5.33. The summed E-state index contributed by atoms with van der Waals surface area (Å²) in [6.07, 6.45) is -0.365. The first-order chi connectivity index (χ1) is 8.30. The average Bonchev–Trinajstić information content (AvgIpc) is 2.81. The third kappa shape index (κ3) is 2.37. The minimum atomic E-state index is -0.365. The van der Waals surface area contributed by atoms with Gasteiger partial charge < -0.3 is 14.7 Å². The van der Waals surface area contributed by atoms with Gasteiger partial charge in [0.25, 0.3) is 0 Å². The van der Waals surface area contributed by atoms with Gasteiger partial charge in [0.15, 0.2) is 6.10 Å². The summed E-state index contributed by atoms with van der Waals surface area (Å²) in [4.78, 5) is 5.16. The second kappa shape index (κ2) is 5.38. The van der Waals surface area contributed by atoms with Crippen LogP contribution in [0.3, 0.4) is 0 Å². The molecule has 2 atom stereocenters. The van der Waals surface area contributed by atoms with Gasteiger partial charge >= 0.3 is 0 Å². The van der Waals surface area contributed by atoms with Crippen LogP contribution in [0, 0.1) is 0 Å². The van der Waals surface area contributed by atoms with Crippen molar-refractivity contribution in [2.75, 3.05) is 19.6 Å². The van der Waals surface area contributed by atoms with Crippen LogP contribution in [-0.4, -0.2) is 36.5 Å². The maximum absolute atomic E-state index is 9.26. The van der Waals surface area contributed by atoms with Crippen LogP contribution in [-0.2, 0) is 4.84 Å². The number of alkyl halides is 1. The number of rotatable bonds is 4. The number of methoxy groups -OCH3 is 1. The lowest BCUT2D eigenvalue weighted by molar-refractivity contribution is 0.0307. The molecule has 0 fully saturated rings. The van der Waals surface area contributed by atoms with Gasteiger partial charge in [-0.05, 0) is 17.7 Å². The Kier molecular flexibility index (Phi) is 3.86. The van der Waals surface area contributed by atoms with Crippen molar-refractivity contribution in [1.82, 2.24) is 0 Å². The van der Waals surface area contributed by atoms with Crippen LogP contribution < -0.4 is 4.74 Å². The van der Waals surface area contributed by atoms with Gasteiger partial charge in [0.05, 0.1) is 31.2 Å². The molecule has 5 heteroatoms. The third-order valence-electron chi connectivity index (χ3n) is 2.81. The highest BCUT2D eigenvalue weighted by molar-refractivity contribution is 6.29. The van der Waals surface area contributed by atoms with Crippen molar-refractivity contribution in [2.24, 2.45) is 5.16 Å². The van der Waals surface area contributed by atoms with Crippen LogP contribution in [0.5, 0.6) is 5.75 Å². The molecule has 1 aliphatic heterocycles. The van der Waals surface area contributed by atoms with Gasteiger partial charge in [0, 0.05) is 0 Å². The Hall–Kier alpha value is -1.26. The first-order valence-corrected chi connectivity index (χ1v) is 5.87. The molecule has 0 spiro atoms. The number of oxime groups is 1. The molecular weight excluding hydrogens is 242 g/mol. The van der Waals surface area contributed by atoms with Crippen LogP contribution in [0.15, 0.2) is 29.4 Å². The zero-order valence-corrected chi connectivity index (χ0v) is 10.2. The Morgan fingerprint density at radius 1 is 1.53 bits per heavy atom. The summed E-state index contributed by atoms with van der Waals surface area (Å²) in [5.74, 6) is 0.950. The number of halogens is 1. The topological polar surface area (TPSA) is 51.0 Å². The van der Waals surface area contributed by atoms with E-state index in [0.717, 1.165) is 17.0 Å². The molecular formula is C12H14ClNO3. The van der Waals surface area contributed by atoms with E-state index in [2.05, 4.69) is 5.16 Å². The van der Waals surface area contributed by atoms with E-state index >= 15 is 0 Å². The number of hydrogen-bond donors (Lipinski definition) is 1. The Bertz CT molecular complexity index is 422. The van der Waals surface area contributed by atoms with Crippen molar-refractivity contribution in [3.05, 3.63) is 29.8 Å². The zero-order valence-electron chi connectivity index (χ0n) is 9.47.